The lowest BCUT2D eigenvalue weighted by Crippen LogP contribution is -1.96. The molecule has 0 aliphatic rings. The van der Waals surface area contributed by atoms with Gasteiger partial charge in [0.2, 0.25) is 0 Å². The first-order valence-electron chi connectivity index (χ1n) is 3.56. The smallest absolute Gasteiger partial charge is 0.258 e. The van der Waals surface area contributed by atoms with Gasteiger partial charge in [-0.25, -0.2) is 0 Å². The topological polar surface area (TPSA) is 43.1 Å². The van der Waals surface area contributed by atoms with E-state index < -0.39 is 4.92 Å². The Balaban J connectivity index is 3.38. The molecule has 0 unspecified atom stereocenters. The number of benzene rings is 1. The monoisotopic (exact) mass is 219 g/mol. The van der Waals surface area contributed by atoms with E-state index in [-0.39, 0.29) is 11.6 Å². The van der Waals surface area contributed by atoms with Gasteiger partial charge in [-0.2, -0.15) is 0 Å². The third-order valence-electron chi connectivity index (χ3n) is 1.84. The molecule has 0 fully saturated rings. The van der Waals surface area contributed by atoms with Crippen molar-refractivity contribution in [2.75, 3.05) is 0 Å². The maximum atomic E-state index is 10.5. The number of rotatable bonds is 2. The summed E-state index contributed by atoms with van der Waals surface area (Å²) >= 11 is 11.4. The highest BCUT2D eigenvalue weighted by molar-refractivity contribution is 6.31. The second kappa shape index (κ2) is 3.94. The molecule has 1 rings (SSSR count). The van der Waals surface area contributed by atoms with Crippen LogP contribution in [0.25, 0.3) is 0 Å². The number of nitro benzene ring substituents is 1. The highest BCUT2D eigenvalue weighted by atomic mass is 35.5. The van der Waals surface area contributed by atoms with Gasteiger partial charge in [0, 0.05) is 16.7 Å². The van der Waals surface area contributed by atoms with Crippen LogP contribution in [0.2, 0.25) is 5.02 Å². The fourth-order valence-corrected chi connectivity index (χ4v) is 1.57. The van der Waals surface area contributed by atoms with Crippen LogP contribution in [0.5, 0.6) is 0 Å². The Morgan fingerprint density at radius 3 is 2.62 bits per heavy atom. The van der Waals surface area contributed by atoms with E-state index in [1.54, 1.807) is 6.92 Å². The molecule has 0 atom stereocenters. The minimum absolute atomic E-state index is 0.0249. The summed E-state index contributed by atoms with van der Waals surface area (Å²) < 4.78 is 0. The zero-order valence-electron chi connectivity index (χ0n) is 6.88. The number of nitrogens with zero attached hydrogens (tertiary/aromatic N) is 1. The standard InChI is InChI=1S/C8H7Cl2NO2/c1-5-6(4-9)8(11(12)13)3-2-7(5)10/h2-3H,4H2,1H3. The second-order valence-corrected chi connectivity index (χ2v) is 3.24. The normalized spacial score (nSPS) is 10.1. The predicted octanol–water partition coefficient (Wildman–Crippen LogP) is 3.30. The quantitative estimate of drug-likeness (QED) is 0.436. The molecular formula is C8H7Cl2NO2. The third-order valence-corrected chi connectivity index (χ3v) is 2.51. The van der Waals surface area contributed by atoms with Gasteiger partial charge in [-0.3, -0.25) is 10.1 Å². The Kier molecular flexibility index (Phi) is 3.12. The third kappa shape index (κ3) is 1.92. The molecule has 0 heterocycles. The first-order chi connectivity index (χ1) is 6.07. The summed E-state index contributed by atoms with van der Waals surface area (Å²) in [6, 6.07) is 2.87. The maximum absolute atomic E-state index is 10.5. The molecule has 0 saturated carbocycles. The molecule has 0 radical (unpaired) electrons. The summed E-state index contributed by atoms with van der Waals surface area (Å²) in [5.41, 5.74) is 1.18. The lowest BCUT2D eigenvalue weighted by Gasteiger charge is -2.04. The first-order valence-corrected chi connectivity index (χ1v) is 4.47. The van der Waals surface area contributed by atoms with Crippen LogP contribution in [-0.4, -0.2) is 4.92 Å². The zero-order valence-corrected chi connectivity index (χ0v) is 8.39. The molecule has 70 valence electrons. The summed E-state index contributed by atoms with van der Waals surface area (Å²) in [6.07, 6.45) is 0. The number of alkyl halides is 1. The molecule has 0 saturated heterocycles. The average Bonchev–Trinajstić information content (AvgIpc) is 2.09. The Morgan fingerprint density at radius 2 is 2.15 bits per heavy atom. The first kappa shape index (κ1) is 10.3. The largest absolute Gasteiger partial charge is 0.274 e. The molecule has 0 aliphatic carbocycles. The fraction of sp³-hybridized carbons (Fsp3) is 0.250. The molecule has 1 aromatic carbocycles. The summed E-state index contributed by atoms with van der Waals surface area (Å²) in [6.45, 7) is 1.72. The van der Waals surface area contributed by atoms with Crippen LogP contribution >= 0.6 is 23.2 Å². The summed E-state index contributed by atoms with van der Waals surface area (Å²) in [5.74, 6) is 0.0999. The van der Waals surface area contributed by atoms with Gasteiger partial charge in [0.25, 0.3) is 5.69 Å². The van der Waals surface area contributed by atoms with Crippen molar-refractivity contribution in [3.8, 4) is 0 Å². The number of hydrogen-bond acceptors (Lipinski definition) is 2. The van der Waals surface area contributed by atoms with Crippen LogP contribution < -0.4 is 0 Å². The van der Waals surface area contributed by atoms with Gasteiger partial charge in [-0.15, -0.1) is 11.6 Å². The second-order valence-electron chi connectivity index (χ2n) is 2.56. The lowest BCUT2D eigenvalue weighted by molar-refractivity contribution is -0.385. The summed E-state index contributed by atoms with van der Waals surface area (Å²) in [4.78, 5) is 10.1. The van der Waals surface area contributed by atoms with Crippen molar-refractivity contribution in [2.24, 2.45) is 0 Å². The van der Waals surface area contributed by atoms with E-state index >= 15 is 0 Å². The van der Waals surface area contributed by atoms with Gasteiger partial charge in [0.15, 0.2) is 0 Å². The van der Waals surface area contributed by atoms with Crippen LogP contribution in [0.1, 0.15) is 11.1 Å². The maximum Gasteiger partial charge on any atom is 0.274 e. The molecule has 0 N–H and O–H groups in total. The Bertz CT molecular complexity index is 352. The van der Waals surface area contributed by atoms with E-state index in [1.807, 2.05) is 0 Å². The molecular weight excluding hydrogens is 213 g/mol. The summed E-state index contributed by atoms with van der Waals surface area (Å²) in [7, 11) is 0. The number of halogens is 2. The zero-order chi connectivity index (χ0) is 10.0. The lowest BCUT2D eigenvalue weighted by atomic mass is 10.1. The van der Waals surface area contributed by atoms with E-state index in [0.717, 1.165) is 0 Å². The van der Waals surface area contributed by atoms with Crippen LogP contribution in [0.3, 0.4) is 0 Å². The fourth-order valence-electron chi connectivity index (χ4n) is 1.05. The highest BCUT2D eigenvalue weighted by Gasteiger charge is 2.16. The van der Waals surface area contributed by atoms with Crippen LogP contribution in [-0.2, 0) is 5.88 Å². The van der Waals surface area contributed by atoms with Gasteiger partial charge in [0.1, 0.15) is 0 Å². The van der Waals surface area contributed by atoms with Gasteiger partial charge in [-0.05, 0) is 18.6 Å². The van der Waals surface area contributed by atoms with Gasteiger partial charge >= 0.3 is 0 Å². The van der Waals surface area contributed by atoms with Crippen molar-refractivity contribution >= 4 is 28.9 Å². The average molecular weight is 220 g/mol. The van der Waals surface area contributed by atoms with Crippen LogP contribution in [0.15, 0.2) is 12.1 Å². The molecule has 0 aromatic heterocycles. The molecule has 5 heteroatoms. The molecule has 13 heavy (non-hydrogen) atoms. The summed E-state index contributed by atoms with van der Waals surface area (Å²) in [5, 5.41) is 11.0. The predicted molar refractivity (Wildman–Crippen MR) is 52.4 cm³/mol. The minimum Gasteiger partial charge on any atom is -0.258 e. The Labute approximate surface area is 85.4 Å². The molecule has 1 aromatic rings. The van der Waals surface area contributed by atoms with E-state index in [1.165, 1.54) is 12.1 Å². The number of nitro groups is 1. The van der Waals surface area contributed by atoms with Crippen molar-refractivity contribution < 1.29 is 4.92 Å². The van der Waals surface area contributed by atoms with E-state index in [4.69, 9.17) is 23.2 Å². The highest BCUT2D eigenvalue weighted by Crippen LogP contribution is 2.28. The van der Waals surface area contributed by atoms with Crippen LogP contribution in [0.4, 0.5) is 5.69 Å². The van der Waals surface area contributed by atoms with Gasteiger partial charge in [0.05, 0.1) is 10.8 Å². The minimum atomic E-state index is -0.457. The van der Waals surface area contributed by atoms with Crippen LogP contribution in [0, 0.1) is 17.0 Å². The molecule has 0 amide bonds. The number of hydrogen-bond donors (Lipinski definition) is 0. The van der Waals surface area contributed by atoms with Gasteiger partial charge in [-0.1, -0.05) is 11.6 Å². The van der Waals surface area contributed by atoms with Crippen molar-refractivity contribution in [1.82, 2.24) is 0 Å². The SMILES string of the molecule is Cc1c(Cl)ccc([N+](=O)[O-])c1CCl. The van der Waals surface area contributed by atoms with Crippen molar-refractivity contribution in [2.45, 2.75) is 12.8 Å². The van der Waals surface area contributed by atoms with E-state index in [9.17, 15) is 10.1 Å². The molecule has 0 bridgehead atoms. The van der Waals surface area contributed by atoms with Gasteiger partial charge < -0.3 is 0 Å². The Morgan fingerprint density at radius 1 is 1.54 bits per heavy atom. The Hall–Kier alpha value is -0.800. The van der Waals surface area contributed by atoms with Crippen molar-refractivity contribution in [1.29, 1.82) is 0 Å². The van der Waals surface area contributed by atoms with E-state index in [2.05, 4.69) is 0 Å². The van der Waals surface area contributed by atoms with Crippen molar-refractivity contribution in [3.63, 3.8) is 0 Å². The molecule has 3 nitrogen and oxygen atoms in total. The molecule has 0 aliphatic heterocycles. The molecule has 0 spiro atoms. The van der Waals surface area contributed by atoms with E-state index in [0.29, 0.717) is 16.1 Å². The van der Waals surface area contributed by atoms with Crippen molar-refractivity contribution in [3.05, 3.63) is 38.4 Å².